The van der Waals surface area contributed by atoms with Gasteiger partial charge in [0.1, 0.15) is 5.69 Å². The molecule has 116 valence electrons. The first-order valence-electron chi connectivity index (χ1n) is 7.04. The Morgan fingerprint density at radius 2 is 1.75 bits per heavy atom. The Balaban J connectivity index is 3.25. The van der Waals surface area contributed by atoms with E-state index in [4.69, 9.17) is 5.73 Å². The van der Waals surface area contributed by atoms with Crippen molar-refractivity contribution >= 4 is 15.5 Å². The number of anilines is 1. The first-order chi connectivity index (χ1) is 9.25. The Kier molecular flexibility index (Phi) is 5.44. The summed E-state index contributed by atoms with van der Waals surface area (Å²) in [6.45, 7) is 8.39. The van der Waals surface area contributed by atoms with Crippen LogP contribution < -0.4 is 11.3 Å². The largest absolute Gasteiger partial charge is 0.393 e. The van der Waals surface area contributed by atoms with Crippen molar-refractivity contribution in [2.45, 2.75) is 53.1 Å². The van der Waals surface area contributed by atoms with E-state index in [1.165, 1.54) is 4.68 Å². The number of nitrogens with zero attached hydrogens (tertiary/aromatic N) is 2. The van der Waals surface area contributed by atoms with Crippen LogP contribution in [0.1, 0.15) is 45.7 Å². The van der Waals surface area contributed by atoms with Crippen LogP contribution in [0.15, 0.2) is 4.79 Å². The number of nitrogens with two attached hydrogens (primary N) is 1. The SMILES string of the molecule is CCCn1c(C(C)C)c(N)c(=O)n1CCS(=O)(=O)CC. The lowest BCUT2D eigenvalue weighted by atomic mass is 10.1. The first-order valence-corrected chi connectivity index (χ1v) is 8.86. The molecule has 0 spiro atoms. The van der Waals surface area contributed by atoms with Crippen LogP contribution in [-0.4, -0.2) is 29.3 Å². The molecule has 2 N–H and O–H groups in total. The third kappa shape index (κ3) is 3.45. The van der Waals surface area contributed by atoms with Gasteiger partial charge in [-0.15, -0.1) is 0 Å². The molecule has 6 nitrogen and oxygen atoms in total. The van der Waals surface area contributed by atoms with Crippen molar-refractivity contribution < 1.29 is 8.42 Å². The minimum atomic E-state index is -3.10. The van der Waals surface area contributed by atoms with Crippen LogP contribution in [0.2, 0.25) is 0 Å². The normalized spacial score (nSPS) is 12.2. The maximum atomic E-state index is 12.2. The Hall–Kier alpha value is -1.24. The van der Waals surface area contributed by atoms with Crippen molar-refractivity contribution in [2.75, 3.05) is 17.2 Å². The van der Waals surface area contributed by atoms with E-state index in [-0.39, 0.29) is 35.2 Å². The lowest BCUT2D eigenvalue weighted by Gasteiger charge is -2.16. The molecular formula is C13H25N3O3S. The third-order valence-corrected chi connectivity index (χ3v) is 5.03. The summed E-state index contributed by atoms with van der Waals surface area (Å²) in [5.41, 5.74) is 6.66. The predicted octanol–water partition coefficient (Wildman–Crippen LogP) is 1.20. The van der Waals surface area contributed by atoms with E-state index < -0.39 is 9.84 Å². The number of rotatable bonds is 7. The Morgan fingerprint density at radius 3 is 2.20 bits per heavy atom. The van der Waals surface area contributed by atoms with Crippen molar-refractivity contribution in [1.82, 2.24) is 9.36 Å². The topological polar surface area (TPSA) is 87.1 Å². The van der Waals surface area contributed by atoms with Gasteiger partial charge in [-0.3, -0.25) is 9.48 Å². The number of hydrogen-bond donors (Lipinski definition) is 1. The van der Waals surface area contributed by atoms with Gasteiger partial charge in [0.15, 0.2) is 9.84 Å². The van der Waals surface area contributed by atoms with Gasteiger partial charge in [-0.2, -0.15) is 0 Å². The molecule has 1 aromatic heterocycles. The Bertz CT molecular complexity index is 612. The molecule has 0 saturated carbocycles. The number of nitrogen functional groups attached to an aromatic ring is 1. The van der Waals surface area contributed by atoms with Crippen LogP contribution >= 0.6 is 0 Å². The quantitative estimate of drug-likeness (QED) is 0.820. The number of sulfone groups is 1. The van der Waals surface area contributed by atoms with Gasteiger partial charge in [0.05, 0.1) is 18.0 Å². The second-order valence-corrected chi connectivity index (χ2v) is 7.71. The maximum absolute atomic E-state index is 12.2. The molecule has 20 heavy (non-hydrogen) atoms. The van der Waals surface area contributed by atoms with Crippen LogP contribution in [-0.2, 0) is 22.9 Å². The molecule has 0 bridgehead atoms. The predicted molar refractivity (Wildman–Crippen MR) is 81.8 cm³/mol. The van der Waals surface area contributed by atoms with Gasteiger partial charge in [-0.1, -0.05) is 27.7 Å². The van der Waals surface area contributed by atoms with Crippen LogP contribution in [0.3, 0.4) is 0 Å². The van der Waals surface area contributed by atoms with Crippen LogP contribution in [0, 0.1) is 0 Å². The molecule has 0 amide bonds. The maximum Gasteiger partial charge on any atom is 0.290 e. The summed E-state index contributed by atoms with van der Waals surface area (Å²) in [6.07, 6.45) is 0.855. The molecule has 0 radical (unpaired) electrons. The zero-order valence-electron chi connectivity index (χ0n) is 12.7. The van der Waals surface area contributed by atoms with Gasteiger partial charge in [0.2, 0.25) is 0 Å². The number of aromatic nitrogens is 2. The van der Waals surface area contributed by atoms with Crippen molar-refractivity contribution in [3.05, 3.63) is 16.0 Å². The zero-order valence-corrected chi connectivity index (χ0v) is 13.5. The minimum absolute atomic E-state index is 0.0336. The summed E-state index contributed by atoms with van der Waals surface area (Å²) in [5, 5.41) is 0. The summed E-state index contributed by atoms with van der Waals surface area (Å²) >= 11 is 0. The minimum Gasteiger partial charge on any atom is -0.393 e. The zero-order chi connectivity index (χ0) is 15.5. The van der Waals surface area contributed by atoms with E-state index in [9.17, 15) is 13.2 Å². The van der Waals surface area contributed by atoms with E-state index in [1.54, 1.807) is 6.92 Å². The van der Waals surface area contributed by atoms with Gasteiger partial charge in [0.25, 0.3) is 5.56 Å². The standard InChI is InChI=1S/C13H25N3O3S/c1-5-7-15-12(10(3)4)11(14)13(17)16(15)8-9-20(18,19)6-2/h10H,5-9,14H2,1-4H3. The monoisotopic (exact) mass is 303 g/mol. The summed E-state index contributed by atoms with van der Waals surface area (Å²) in [5.74, 6) is 0.176. The van der Waals surface area contributed by atoms with Crippen molar-refractivity contribution in [2.24, 2.45) is 0 Å². The van der Waals surface area contributed by atoms with Crippen LogP contribution in [0.5, 0.6) is 0 Å². The smallest absolute Gasteiger partial charge is 0.290 e. The summed E-state index contributed by atoms with van der Waals surface area (Å²) in [4.78, 5) is 12.2. The molecule has 0 aliphatic carbocycles. The molecule has 0 fully saturated rings. The van der Waals surface area contributed by atoms with Gasteiger partial charge in [-0.25, -0.2) is 13.1 Å². The molecule has 1 aromatic rings. The molecule has 0 atom stereocenters. The average Bonchev–Trinajstić information content (AvgIpc) is 2.60. The van der Waals surface area contributed by atoms with E-state index in [0.29, 0.717) is 6.54 Å². The first kappa shape index (κ1) is 16.8. The fourth-order valence-corrected chi connectivity index (χ4v) is 3.02. The van der Waals surface area contributed by atoms with Gasteiger partial charge >= 0.3 is 0 Å². The molecule has 0 aromatic carbocycles. The third-order valence-electron chi connectivity index (χ3n) is 3.35. The average molecular weight is 303 g/mol. The highest BCUT2D eigenvalue weighted by molar-refractivity contribution is 7.91. The van der Waals surface area contributed by atoms with Crippen molar-refractivity contribution in [1.29, 1.82) is 0 Å². The fourth-order valence-electron chi connectivity index (χ4n) is 2.28. The molecule has 0 aliphatic rings. The molecule has 1 rings (SSSR count). The van der Waals surface area contributed by atoms with Gasteiger partial charge in [-0.05, 0) is 12.3 Å². The van der Waals surface area contributed by atoms with Crippen molar-refractivity contribution in [3.63, 3.8) is 0 Å². The van der Waals surface area contributed by atoms with E-state index in [2.05, 4.69) is 0 Å². The van der Waals surface area contributed by atoms with E-state index in [1.807, 2.05) is 25.5 Å². The summed E-state index contributed by atoms with van der Waals surface area (Å²) < 4.78 is 26.6. The molecule has 7 heteroatoms. The summed E-state index contributed by atoms with van der Waals surface area (Å²) in [6, 6.07) is 0. The second kappa shape index (κ2) is 6.47. The Morgan fingerprint density at radius 1 is 1.15 bits per heavy atom. The molecule has 0 aliphatic heterocycles. The molecule has 1 heterocycles. The summed E-state index contributed by atoms with van der Waals surface area (Å²) in [7, 11) is -3.10. The lowest BCUT2D eigenvalue weighted by molar-refractivity contribution is 0.433. The Labute approximate surface area is 120 Å². The fraction of sp³-hybridized carbons (Fsp3) is 0.769. The highest BCUT2D eigenvalue weighted by Gasteiger charge is 2.20. The van der Waals surface area contributed by atoms with E-state index >= 15 is 0 Å². The van der Waals surface area contributed by atoms with Crippen LogP contribution in [0.25, 0.3) is 0 Å². The molecule has 0 saturated heterocycles. The van der Waals surface area contributed by atoms with Crippen LogP contribution in [0.4, 0.5) is 5.69 Å². The molecular weight excluding hydrogens is 278 g/mol. The van der Waals surface area contributed by atoms with E-state index in [0.717, 1.165) is 12.1 Å². The highest BCUT2D eigenvalue weighted by Crippen LogP contribution is 2.20. The van der Waals surface area contributed by atoms with Gasteiger partial charge in [0, 0.05) is 12.3 Å². The van der Waals surface area contributed by atoms with Crippen molar-refractivity contribution in [3.8, 4) is 0 Å². The molecule has 0 unspecified atom stereocenters. The highest BCUT2D eigenvalue weighted by atomic mass is 32.2. The lowest BCUT2D eigenvalue weighted by Crippen LogP contribution is -2.28. The number of hydrogen-bond acceptors (Lipinski definition) is 4. The second-order valence-electron chi connectivity index (χ2n) is 5.24. The van der Waals surface area contributed by atoms with Gasteiger partial charge < -0.3 is 5.73 Å².